The van der Waals surface area contributed by atoms with Crippen LogP contribution in [0.15, 0.2) is 24.3 Å². The topological polar surface area (TPSA) is 70.2 Å². The first-order valence-electron chi connectivity index (χ1n) is 9.37. The zero-order chi connectivity index (χ0) is 20.3. The molecule has 2 N–H and O–H groups in total. The van der Waals surface area contributed by atoms with Gasteiger partial charge in [0.25, 0.3) is 5.91 Å². The van der Waals surface area contributed by atoms with Crippen LogP contribution in [0.1, 0.15) is 41.9 Å². The Bertz CT molecular complexity index is 852. The van der Waals surface area contributed by atoms with Crippen molar-refractivity contribution in [3.63, 3.8) is 0 Å². The van der Waals surface area contributed by atoms with Crippen LogP contribution in [0.5, 0.6) is 0 Å². The third-order valence-electron chi connectivity index (χ3n) is 4.88. The van der Waals surface area contributed by atoms with E-state index in [9.17, 15) is 9.18 Å². The second-order valence-corrected chi connectivity index (χ2v) is 7.76. The summed E-state index contributed by atoms with van der Waals surface area (Å²) in [6.45, 7) is 1.88. The van der Waals surface area contributed by atoms with Crippen LogP contribution < -0.4 is 15.5 Å². The van der Waals surface area contributed by atoms with Gasteiger partial charge in [0, 0.05) is 37.8 Å². The molecule has 3 rings (SSSR count). The molecule has 6 nitrogen and oxygen atoms in total. The Morgan fingerprint density at radius 1 is 1.14 bits per heavy atom. The number of anilines is 2. The van der Waals surface area contributed by atoms with Crippen molar-refractivity contribution in [1.82, 2.24) is 15.3 Å². The van der Waals surface area contributed by atoms with E-state index in [-0.39, 0.29) is 17.0 Å². The predicted molar refractivity (Wildman–Crippen MR) is 110 cm³/mol. The van der Waals surface area contributed by atoms with E-state index in [0.29, 0.717) is 11.6 Å². The molecule has 1 aromatic heterocycles. The molecule has 2 aromatic rings. The van der Waals surface area contributed by atoms with E-state index in [1.165, 1.54) is 18.2 Å². The number of nitrogens with zero attached hydrogens (tertiary/aromatic N) is 3. The van der Waals surface area contributed by atoms with Crippen LogP contribution in [0.3, 0.4) is 0 Å². The van der Waals surface area contributed by atoms with Crippen molar-refractivity contribution >= 4 is 29.1 Å². The van der Waals surface area contributed by atoms with Crippen LogP contribution in [0.4, 0.5) is 16.0 Å². The summed E-state index contributed by atoms with van der Waals surface area (Å²) in [6, 6.07) is 6.36. The molecular formula is C20H25ClFN5O. The Morgan fingerprint density at radius 3 is 2.46 bits per heavy atom. The molecule has 1 amide bonds. The molecule has 1 aliphatic carbocycles. The third kappa shape index (κ3) is 5.10. The summed E-state index contributed by atoms with van der Waals surface area (Å²) in [5, 5.41) is 6.46. The van der Waals surface area contributed by atoms with Crippen molar-refractivity contribution in [3.05, 3.63) is 46.5 Å². The minimum atomic E-state index is -0.526. The van der Waals surface area contributed by atoms with E-state index in [0.717, 1.165) is 43.1 Å². The number of amides is 1. The predicted octanol–water partition coefficient (Wildman–Crippen LogP) is 3.80. The molecular weight excluding hydrogens is 381 g/mol. The van der Waals surface area contributed by atoms with Gasteiger partial charge in [0.2, 0.25) is 0 Å². The second kappa shape index (κ2) is 8.73. The van der Waals surface area contributed by atoms with Gasteiger partial charge in [-0.05, 0) is 50.8 Å². The molecule has 1 aliphatic rings. The maximum absolute atomic E-state index is 13.3. The molecule has 8 heteroatoms. The highest BCUT2D eigenvalue weighted by Crippen LogP contribution is 2.24. The number of benzene rings is 1. The average molecular weight is 406 g/mol. The number of aromatic nitrogens is 2. The largest absolute Gasteiger partial charge is 0.367 e. The average Bonchev–Trinajstić information content (AvgIpc) is 2.65. The highest BCUT2D eigenvalue weighted by molar-refractivity contribution is 6.31. The maximum Gasteiger partial charge on any atom is 0.251 e. The summed E-state index contributed by atoms with van der Waals surface area (Å²) in [6.07, 6.45) is 3.58. The summed E-state index contributed by atoms with van der Waals surface area (Å²) in [5.41, 5.74) is 0.374. The number of aryl methyl sites for hydroxylation is 1. The minimum Gasteiger partial charge on any atom is -0.367 e. The van der Waals surface area contributed by atoms with E-state index in [2.05, 4.69) is 20.6 Å². The molecule has 1 aromatic carbocycles. The highest BCUT2D eigenvalue weighted by Gasteiger charge is 2.23. The van der Waals surface area contributed by atoms with Crippen LogP contribution in [0, 0.1) is 12.7 Å². The fraction of sp³-hybridized carbons (Fsp3) is 0.450. The molecule has 28 heavy (non-hydrogen) atoms. The van der Waals surface area contributed by atoms with Crippen molar-refractivity contribution in [2.75, 3.05) is 24.3 Å². The lowest BCUT2D eigenvalue weighted by molar-refractivity contribution is 0.0926. The molecule has 0 radical (unpaired) electrons. The number of hydrogen-bond donors (Lipinski definition) is 2. The van der Waals surface area contributed by atoms with Gasteiger partial charge in [0.1, 0.15) is 23.3 Å². The lowest BCUT2D eigenvalue weighted by atomic mass is 9.91. The van der Waals surface area contributed by atoms with Crippen LogP contribution in [-0.4, -0.2) is 42.1 Å². The van der Waals surface area contributed by atoms with E-state index in [1.807, 2.05) is 32.0 Å². The van der Waals surface area contributed by atoms with Gasteiger partial charge in [-0.25, -0.2) is 14.4 Å². The molecule has 1 saturated carbocycles. The van der Waals surface area contributed by atoms with Crippen molar-refractivity contribution in [2.24, 2.45) is 0 Å². The molecule has 1 fully saturated rings. The Labute approximate surface area is 169 Å². The maximum atomic E-state index is 13.3. The number of hydrogen-bond acceptors (Lipinski definition) is 5. The van der Waals surface area contributed by atoms with E-state index in [4.69, 9.17) is 11.6 Å². The van der Waals surface area contributed by atoms with Crippen molar-refractivity contribution in [1.29, 1.82) is 0 Å². The fourth-order valence-electron chi connectivity index (χ4n) is 3.35. The van der Waals surface area contributed by atoms with Gasteiger partial charge in [-0.15, -0.1) is 0 Å². The summed E-state index contributed by atoms with van der Waals surface area (Å²) in [4.78, 5) is 23.2. The van der Waals surface area contributed by atoms with Gasteiger partial charge in [-0.2, -0.15) is 0 Å². The lowest BCUT2D eigenvalue weighted by Gasteiger charge is -2.30. The highest BCUT2D eigenvalue weighted by atomic mass is 35.5. The first-order valence-corrected chi connectivity index (χ1v) is 9.75. The van der Waals surface area contributed by atoms with Gasteiger partial charge < -0.3 is 15.5 Å². The Kier molecular flexibility index (Phi) is 6.34. The van der Waals surface area contributed by atoms with Gasteiger partial charge >= 0.3 is 0 Å². The van der Waals surface area contributed by atoms with Crippen LogP contribution in [0.2, 0.25) is 5.02 Å². The Morgan fingerprint density at radius 2 is 1.82 bits per heavy atom. The van der Waals surface area contributed by atoms with Crippen LogP contribution in [-0.2, 0) is 0 Å². The number of rotatable bonds is 5. The number of nitrogens with one attached hydrogen (secondary N) is 2. The van der Waals surface area contributed by atoms with Gasteiger partial charge in [-0.3, -0.25) is 4.79 Å². The quantitative estimate of drug-likeness (QED) is 0.791. The smallest absolute Gasteiger partial charge is 0.251 e. The fourth-order valence-corrected chi connectivity index (χ4v) is 3.53. The molecule has 1 heterocycles. The Hall–Kier alpha value is -2.41. The van der Waals surface area contributed by atoms with Crippen LogP contribution in [0.25, 0.3) is 0 Å². The van der Waals surface area contributed by atoms with E-state index >= 15 is 0 Å². The lowest BCUT2D eigenvalue weighted by Crippen LogP contribution is -2.40. The zero-order valence-electron chi connectivity index (χ0n) is 16.3. The normalized spacial score (nSPS) is 19.2. The zero-order valence-corrected chi connectivity index (χ0v) is 17.1. The monoisotopic (exact) mass is 405 g/mol. The number of carbonyl (C=O) groups excluding carboxylic acids is 1. The first-order chi connectivity index (χ1) is 13.3. The SMILES string of the molecule is Cc1nc(NC2CCC(NC(=O)c3ccc(F)c(Cl)c3)CC2)cc(N(C)C)n1. The van der Waals surface area contributed by atoms with Gasteiger partial charge in [0.05, 0.1) is 5.02 Å². The van der Waals surface area contributed by atoms with Crippen LogP contribution >= 0.6 is 11.6 Å². The molecule has 0 spiro atoms. The summed E-state index contributed by atoms with van der Waals surface area (Å²) >= 11 is 5.76. The van der Waals surface area contributed by atoms with E-state index < -0.39 is 5.82 Å². The number of carbonyl (C=O) groups is 1. The minimum absolute atomic E-state index is 0.0437. The number of halogens is 2. The van der Waals surface area contributed by atoms with Crippen molar-refractivity contribution in [2.45, 2.75) is 44.7 Å². The van der Waals surface area contributed by atoms with Gasteiger partial charge in [-0.1, -0.05) is 11.6 Å². The van der Waals surface area contributed by atoms with Gasteiger partial charge in [0.15, 0.2) is 0 Å². The standard InChI is InChI=1S/C20H25ClFN5O/c1-12-23-18(11-19(24-12)27(2)3)25-14-5-7-15(8-6-14)26-20(28)13-4-9-17(22)16(21)10-13/h4,9-11,14-15H,5-8H2,1-3H3,(H,26,28)(H,23,24,25). The van der Waals surface area contributed by atoms with E-state index in [1.54, 1.807) is 0 Å². The van der Waals surface area contributed by atoms with Crippen molar-refractivity contribution < 1.29 is 9.18 Å². The molecule has 150 valence electrons. The summed E-state index contributed by atoms with van der Waals surface area (Å²) in [7, 11) is 3.90. The molecule has 0 aliphatic heterocycles. The first kappa shape index (κ1) is 20.3. The third-order valence-corrected chi connectivity index (χ3v) is 5.17. The molecule has 0 saturated heterocycles. The summed E-state index contributed by atoms with van der Waals surface area (Å²) < 4.78 is 13.3. The molecule has 0 bridgehead atoms. The molecule has 0 atom stereocenters. The Balaban J connectivity index is 1.53. The summed E-state index contributed by atoms with van der Waals surface area (Å²) in [5.74, 6) is 1.67. The molecule has 0 unspecified atom stereocenters. The second-order valence-electron chi connectivity index (χ2n) is 7.35. The van der Waals surface area contributed by atoms with Crippen molar-refractivity contribution in [3.8, 4) is 0 Å².